The zero-order chi connectivity index (χ0) is 18.0. The molecule has 0 saturated carbocycles. The second-order valence-corrected chi connectivity index (χ2v) is 6.34. The molecule has 0 atom stereocenters. The van der Waals surface area contributed by atoms with Crippen LogP contribution in [0.2, 0.25) is 0 Å². The molecule has 0 aliphatic heterocycles. The third-order valence-corrected chi connectivity index (χ3v) is 4.76. The van der Waals surface area contributed by atoms with Gasteiger partial charge in [-0.2, -0.15) is 0 Å². The number of methoxy groups -OCH3 is 3. The Hall–Kier alpha value is -2.80. The van der Waals surface area contributed by atoms with Crippen molar-refractivity contribution in [3.63, 3.8) is 0 Å². The van der Waals surface area contributed by atoms with Gasteiger partial charge in [0, 0.05) is 11.1 Å². The molecule has 0 radical (unpaired) electrons. The summed E-state index contributed by atoms with van der Waals surface area (Å²) in [5.74, 6) is 1.67. The molecule has 2 aromatic carbocycles. The molecule has 0 aliphatic carbocycles. The van der Waals surface area contributed by atoms with Gasteiger partial charge in [0.15, 0.2) is 5.13 Å². The average molecular weight is 358 g/mol. The molecule has 1 N–H and O–H groups in total. The molecule has 3 aromatic rings. The fourth-order valence-electron chi connectivity index (χ4n) is 2.47. The number of rotatable bonds is 5. The second-order valence-electron chi connectivity index (χ2n) is 5.31. The monoisotopic (exact) mass is 358 g/mol. The maximum atomic E-state index is 12.6. The molecule has 1 heterocycles. The van der Waals surface area contributed by atoms with Gasteiger partial charge in [-0.15, -0.1) is 0 Å². The number of fused-ring (bicyclic) bond motifs is 1. The first-order valence-corrected chi connectivity index (χ1v) is 8.36. The van der Waals surface area contributed by atoms with Gasteiger partial charge in [0.25, 0.3) is 5.91 Å². The third kappa shape index (κ3) is 3.36. The average Bonchev–Trinajstić information content (AvgIpc) is 3.02. The van der Waals surface area contributed by atoms with Gasteiger partial charge in [-0.3, -0.25) is 10.1 Å². The van der Waals surface area contributed by atoms with Gasteiger partial charge in [0.05, 0.1) is 31.5 Å². The van der Waals surface area contributed by atoms with E-state index in [1.165, 1.54) is 11.3 Å². The van der Waals surface area contributed by atoms with E-state index >= 15 is 0 Å². The minimum atomic E-state index is -0.275. The van der Waals surface area contributed by atoms with E-state index in [-0.39, 0.29) is 5.91 Å². The lowest BCUT2D eigenvalue weighted by molar-refractivity contribution is 0.102. The van der Waals surface area contributed by atoms with E-state index in [4.69, 9.17) is 14.2 Å². The number of carbonyl (C=O) groups is 1. The van der Waals surface area contributed by atoms with Crippen LogP contribution in [-0.4, -0.2) is 32.2 Å². The van der Waals surface area contributed by atoms with Crippen LogP contribution in [0.5, 0.6) is 17.2 Å². The number of hydrogen-bond donors (Lipinski definition) is 1. The number of thiazole rings is 1. The Labute approximate surface area is 149 Å². The highest BCUT2D eigenvalue weighted by atomic mass is 32.1. The van der Waals surface area contributed by atoms with Crippen molar-refractivity contribution in [2.75, 3.05) is 26.6 Å². The van der Waals surface area contributed by atoms with Crippen LogP contribution in [0.3, 0.4) is 0 Å². The molecule has 0 fully saturated rings. The van der Waals surface area contributed by atoms with Crippen LogP contribution in [0.4, 0.5) is 5.13 Å². The molecule has 130 valence electrons. The molecule has 7 heteroatoms. The summed E-state index contributed by atoms with van der Waals surface area (Å²) in [7, 11) is 4.73. The molecule has 1 amide bonds. The van der Waals surface area contributed by atoms with E-state index in [9.17, 15) is 4.79 Å². The van der Waals surface area contributed by atoms with Crippen molar-refractivity contribution in [1.82, 2.24) is 4.98 Å². The summed E-state index contributed by atoms with van der Waals surface area (Å²) in [5.41, 5.74) is 2.09. The molecule has 25 heavy (non-hydrogen) atoms. The van der Waals surface area contributed by atoms with Crippen LogP contribution in [0.1, 0.15) is 15.9 Å². The van der Waals surface area contributed by atoms with Gasteiger partial charge in [0.1, 0.15) is 17.2 Å². The van der Waals surface area contributed by atoms with Gasteiger partial charge in [-0.25, -0.2) is 4.98 Å². The Bertz CT molecular complexity index is 911. The molecular formula is C18H18N2O4S. The van der Waals surface area contributed by atoms with Crippen LogP contribution in [-0.2, 0) is 0 Å². The zero-order valence-corrected chi connectivity index (χ0v) is 15.2. The standard InChI is InChI=1S/C18H18N2O4S/c1-10-14(23-3)7-11(8-15(10)24-4)17(21)20-18-19-13-6-5-12(22-2)9-16(13)25-18/h5-9H,1-4H3,(H,19,20,21). The van der Waals surface area contributed by atoms with Gasteiger partial charge in [0.2, 0.25) is 0 Å². The van der Waals surface area contributed by atoms with Crippen molar-refractivity contribution in [1.29, 1.82) is 0 Å². The largest absolute Gasteiger partial charge is 0.497 e. The van der Waals surface area contributed by atoms with Gasteiger partial charge in [-0.05, 0) is 37.3 Å². The minimum absolute atomic E-state index is 0.275. The fourth-order valence-corrected chi connectivity index (χ4v) is 3.36. The zero-order valence-electron chi connectivity index (χ0n) is 14.4. The lowest BCUT2D eigenvalue weighted by atomic mass is 10.1. The van der Waals surface area contributed by atoms with Crippen LogP contribution < -0.4 is 19.5 Å². The molecule has 0 unspecified atom stereocenters. The maximum absolute atomic E-state index is 12.6. The molecule has 3 rings (SSSR count). The number of anilines is 1. The number of benzene rings is 2. The number of hydrogen-bond acceptors (Lipinski definition) is 6. The Morgan fingerprint density at radius 3 is 2.32 bits per heavy atom. The Morgan fingerprint density at radius 1 is 1.04 bits per heavy atom. The highest BCUT2D eigenvalue weighted by Gasteiger charge is 2.15. The molecule has 6 nitrogen and oxygen atoms in total. The Balaban J connectivity index is 1.89. The lowest BCUT2D eigenvalue weighted by Crippen LogP contribution is -2.12. The van der Waals surface area contributed by atoms with Gasteiger partial charge < -0.3 is 14.2 Å². The predicted molar refractivity (Wildman–Crippen MR) is 98.4 cm³/mol. The number of ether oxygens (including phenoxy) is 3. The number of aromatic nitrogens is 1. The smallest absolute Gasteiger partial charge is 0.257 e. The second kappa shape index (κ2) is 6.98. The first-order chi connectivity index (χ1) is 12.0. The SMILES string of the molecule is COc1ccc2nc(NC(=O)c3cc(OC)c(C)c(OC)c3)sc2c1. The van der Waals surface area contributed by atoms with Gasteiger partial charge >= 0.3 is 0 Å². The van der Waals surface area contributed by atoms with E-state index in [1.54, 1.807) is 33.5 Å². The Kier molecular flexibility index (Phi) is 4.76. The fraction of sp³-hybridized carbons (Fsp3) is 0.222. The third-order valence-electron chi connectivity index (χ3n) is 3.83. The molecule has 0 spiro atoms. The summed E-state index contributed by atoms with van der Waals surface area (Å²) < 4.78 is 16.8. The molecule has 1 aromatic heterocycles. The normalized spacial score (nSPS) is 10.6. The summed E-state index contributed by atoms with van der Waals surface area (Å²) in [6, 6.07) is 8.95. The van der Waals surface area contributed by atoms with Crippen molar-refractivity contribution in [3.8, 4) is 17.2 Å². The highest BCUT2D eigenvalue weighted by molar-refractivity contribution is 7.22. The van der Waals surface area contributed by atoms with E-state index in [0.717, 1.165) is 21.5 Å². The lowest BCUT2D eigenvalue weighted by Gasteiger charge is -2.12. The number of nitrogens with one attached hydrogen (secondary N) is 1. The highest BCUT2D eigenvalue weighted by Crippen LogP contribution is 2.32. The Morgan fingerprint density at radius 2 is 1.72 bits per heavy atom. The van der Waals surface area contributed by atoms with Crippen LogP contribution in [0, 0.1) is 6.92 Å². The summed E-state index contributed by atoms with van der Waals surface area (Å²) in [6.45, 7) is 1.88. The van der Waals surface area contributed by atoms with E-state index in [2.05, 4.69) is 10.3 Å². The summed E-state index contributed by atoms with van der Waals surface area (Å²) in [5, 5.41) is 3.34. The summed E-state index contributed by atoms with van der Waals surface area (Å²) in [4.78, 5) is 17.0. The van der Waals surface area contributed by atoms with Crippen LogP contribution >= 0.6 is 11.3 Å². The van der Waals surface area contributed by atoms with Crippen molar-refractivity contribution in [2.45, 2.75) is 6.92 Å². The number of amides is 1. The molecule has 0 bridgehead atoms. The molecular weight excluding hydrogens is 340 g/mol. The van der Waals surface area contributed by atoms with Gasteiger partial charge in [-0.1, -0.05) is 11.3 Å². The first-order valence-electron chi connectivity index (χ1n) is 7.54. The summed E-state index contributed by atoms with van der Waals surface area (Å²) in [6.07, 6.45) is 0. The van der Waals surface area contributed by atoms with Crippen LogP contribution in [0.15, 0.2) is 30.3 Å². The number of nitrogens with zero attached hydrogens (tertiary/aromatic N) is 1. The van der Waals surface area contributed by atoms with Crippen molar-refractivity contribution >= 4 is 32.6 Å². The quantitative estimate of drug-likeness (QED) is 0.749. The molecule has 0 aliphatic rings. The van der Waals surface area contributed by atoms with Crippen molar-refractivity contribution < 1.29 is 19.0 Å². The topological polar surface area (TPSA) is 69.7 Å². The minimum Gasteiger partial charge on any atom is -0.497 e. The maximum Gasteiger partial charge on any atom is 0.257 e. The van der Waals surface area contributed by atoms with E-state index < -0.39 is 0 Å². The van der Waals surface area contributed by atoms with E-state index in [1.807, 2.05) is 25.1 Å². The predicted octanol–water partition coefficient (Wildman–Crippen LogP) is 3.88. The van der Waals surface area contributed by atoms with Crippen molar-refractivity contribution in [3.05, 3.63) is 41.5 Å². The number of carbonyl (C=O) groups excluding carboxylic acids is 1. The van der Waals surface area contributed by atoms with E-state index in [0.29, 0.717) is 22.2 Å². The first kappa shape index (κ1) is 17.0. The van der Waals surface area contributed by atoms with Crippen molar-refractivity contribution in [2.24, 2.45) is 0 Å². The molecule has 0 saturated heterocycles. The summed E-state index contributed by atoms with van der Waals surface area (Å²) >= 11 is 1.39. The van der Waals surface area contributed by atoms with Crippen LogP contribution in [0.25, 0.3) is 10.2 Å².